The molecule has 2 aliphatic rings. The summed E-state index contributed by atoms with van der Waals surface area (Å²) in [4.78, 5) is 25.8. The first-order chi connectivity index (χ1) is 27.1. The topological polar surface area (TPSA) is 89.8 Å². The second-order valence-electron chi connectivity index (χ2n) is 15.6. The summed E-state index contributed by atoms with van der Waals surface area (Å²) < 4.78 is 22.1. The number of hydrogen-bond acceptors (Lipinski definition) is 5. The van der Waals surface area contributed by atoms with E-state index in [1.165, 1.54) is 85.5 Å². The molecule has 7 nitrogen and oxygen atoms in total. The largest absolute Gasteiger partial charge is 0.441 e. The van der Waals surface area contributed by atoms with Gasteiger partial charge in [-0.05, 0) is 74.0 Å². The van der Waals surface area contributed by atoms with Crippen LogP contribution in [0.5, 0.6) is 0 Å². The summed E-state index contributed by atoms with van der Waals surface area (Å²) in [6.45, 7) is 3.98. The lowest BCUT2D eigenvalue weighted by Crippen LogP contribution is -2.35. The maximum Gasteiger partial charge on any atom is 0.334 e. The maximum absolute atomic E-state index is 14.5. The fourth-order valence-electron chi connectivity index (χ4n) is 8.09. The van der Waals surface area contributed by atoms with Crippen LogP contribution in [0.3, 0.4) is 0 Å². The van der Waals surface area contributed by atoms with Gasteiger partial charge in [0.15, 0.2) is 16.6 Å². The zero-order valence-corrected chi connectivity index (χ0v) is 34.3. The number of nitrogens with zero attached hydrogens (tertiary/aromatic N) is 2. The van der Waals surface area contributed by atoms with Crippen LogP contribution in [0.2, 0.25) is 5.02 Å². The van der Waals surface area contributed by atoms with Crippen molar-refractivity contribution in [2.45, 2.75) is 101 Å². The highest BCUT2D eigenvalue weighted by Gasteiger charge is 2.42. The summed E-state index contributed by atoms with van der Waals surface area (Å²) in [5, 5.41) is 12.3. The molecule has 0 aromatic heterocycles. The summed E-state index contributed by atoms with van der Waals surface area (Å²) in [6, 6.07) is 31.6. The molecule has 1 fully saturated rings. The molecule has 0 spiro atoms. The minimum Gasteiger partial charge on any atom is -0.441 e. The molecule has 294 valence electrons. The van der Waals surface area contributed by atoms with Crippen molar-refractivity contribution in [3.05, 3.63) is 164 Å². The van der Waals surface area contributed by atoms with Gasteiger partial charge in [0.25, 0.3) is 5.69 Å². The fourth-order valence-corrected chi connectivity index (χ4v) is 9.51. The smallest absolute Gasteiger partial charge is 0.334 e. The number of hydrogen-bond donors (Lipinski definition) is 0. The molecule has 0 heterocycles. The number of allylic oxidation sites excluding steroid dienone is 3. The average Bonchev–Trinajstić information content (AvgIpc) is 3.95. The molecule has 0 N–H and O–H groups in total. The third-order valence-electron chi connectivity index (χ3n) is 11.1. The third kappa shape index (κ3) is 9.88. The minimum absolute atomic E-state index is 0.0452. The van der Waals surface area contributed by atoms with E-state index < -0.39 is 27.5 Å². The molecule has 4 unspecified atom stereocenters. The van der Waals surface area contributed by atoms with E-state index in [4.69, 9.17) is 16.3 Å². The average molecular weight is 793 g/mol. The monoisotopic (exact) mass is 792 g/mol. The van der Waals surface area contributed by atoms with E-state index in [0.29, 0.717) is 34.5 Å². The maximum atomic E-state index is 14.5. The highest BCUT2D eigenvalue weighted by molar-refractivity contribution is 7.83. The van der Waals surface area contributed by atoms with E-state index >= 15 is 0 Å². The molecule has 56 heavy (non-hydrogen) atoms. The van der Waals surface area contributed by atoms with Crippen LogP contribution in [0.1, 0.15) is 113 Å². The van der Waals surface area contributed by atoms with Crippen LogP contribution >= 0.6 is 11.6 Å². The number of benzene rings is 4. The number of nitro groups is 1. The number of esters is 1. The van der Waals surface area contributed by atoms with Gasteiger partial charge in [-0.15, -0.1) is 0 Å². The summed E-state index contributed by atoms with van der Waals surface area (Å²) in [7, 11) is -0.400. The standard InChI is InChI=1S/C47H53ClN2O5S/c1-34(2)30-41(49(3)56(54)45-25-17-16-24-44(45)50(52)53)33-46(51)55-47(39-20-12-9-13-21-39,42-22-14-15-23-43(42)48)40-28-26-35(27-29-40)36-18-10-7-5-4-6-8-11-19-37-32-38(37)31-36/h9,12-17,19-29,33-34,36,38H,4-8,10-11,18,30-32H2,1-3H3. The molecule has 4 atom stereocenters. The van der Waals surface area contributed by atoms with Crippen LogP contribution in [0.15, 0.2) is 131 Å². The lowest BCUT2D eigenvalue weighted by molar-refractivity contribution is -0.387. The van der Waals surface area contributed by atoms with Gasteiger partial charge in [-0.1, -0.05) is 154 Å². The summed E-state index contributed by atoms with van der Waals surface area (Å²) in [5.41, 5.74) is 3.73. The zero-order chi connectivity index (χ0) is 39.7. The predicted molar refractivity (Wildman–Crippen MR) is 226 cm³/mol. The normalized spacial score (nSPS) is 19.5. The molecule has 0 amide bonds. The van der Waals surface area contributed by atoms with Gasteiger partial charge in [0.05, 0.1) is 4.92 Å². The van der Waals surface area contributed by atoms with Crippen molar-refractivity contribution in [3.8, 4) is 0 Å². The quantitative estimate of drug-likeness (QED) is 0.0356. The van der Waals surface area contributed by atoms with Gasteiger partial charge in [0.2, 0.25) is 0 Å². The Morgan fingerprint density at radius 3 is 2.25 bits per heavy atom. The number of ether oxygens (including phenoxy) is 1. The highest BCUT2D eigenvalue weighted by Crippen LogP contribution is 2.48. The number of para-hydroxylation sites is 1. The number of halogens is 1. The van der Waals surface area contributed by atoms with Gasteiger partial charge in [-0.3, -0.25) is 14.4 Å². The van der Waals surface area contributed by atoms with Crippen molar-refractivity contribution in [1.29, 1.82) is 0 Å². The molecule has 0 radical (unpaired) electrons. The zero-order valence-electron chi connectivity index (χ0n) is 32.7. The van der Waals surface area contributed by atoms with Crippen LogP contribution < -0.4 is 0 Å². The van der Waals surface area contributed by atoms with Crippen molar-refractivity contribution in [3.63, 3.8) is 0 Å². The van der Waals surface area contributed by atoms with Gasteiger partial charge in [-0.25, -0.2) is 9.00 Å². The Balaban J connectivity index is 1.40. The molecule has 1 saturated carbocycles. The number of rotatable bonds is 12. The highest BCUT2D eigenvalue weighted by atomic mass is 35.5. The van der Waals surface area contributed by atoms with Gasteiger partial charge < -0.3 is 4.74 Å². The molecule has 2 aliphatic carbocycles. The number of carbonyl (C=O) groups excluding carboxylic acids is 1. The molecule has 0 bridgehead atoms. The SMILES string of the molecule is CC(C)CC(=CC(=O)OC(c1ccccc1)(c1ccc(C2CCCCCCCCC=C3CC3C2)cc1)c1ccccc1Cl)N(C)S(=O)c1ccccc1[N+](=O)[O-]. The van der Waals surface area contributed by atoms with Crippen LogP contribution in [-0.4, -0.2) is 26.5 Å². The molecular formula is C47H53ClN2O5S. The first-order valence-electron chi connectivity index (χ1n) is 20.0. The number of carbonyl (C=O) groups is 1. The summed E-state index contributed by atoms with van der Waals surface area (Å²) in [6.07, 6.45) is 16.6. The van der Waals surface area contributed by atoms with E-state index in [1.807, 2.05) is 62.4 Å². The predicted octanol–water partition coefficient (Wildman–Crippen LogP) is 12.2. The van der Waals surface area contributed by atoms with Crippen molar-refractivity contribution in [2.75, 3.05) is 7.05 Å². The van der Waals surface area contributed by atoms with E-state index in [-0.39, 0.29) is 16.5 Å². The lowest BCUT2D eigenvalue weighted by atomic mass is 9.78. The second-order valence-corrected chi connectivity index (χ2v) is 17.5. The summed E-state index contributed by atoms with van der Waals surface area (Å²) in [5.74, 6) is 0.508. The van der Waals surface area contributed by atoms with Crippen LogP contribution in [-0.2, 0) is 26.1 Å². The Kier molecular flexibility index (Phi) is 14.0. The van der Waals surface area contributed by atoms with Crippen LogP contribution in [0, 0.1) is 22.0 Å². The van der Waals surface area contributed by atoms with Crippen molar-refractivity contribution < 1.29 is 18.7 Å². The molecule has 0 saturated heterocycles. The van der Waals surface area contributed by atoms with Crippen LogP contribution in [0.4, 0.5) is 5.69 Å². The fraction of sp³-hybridized carbons (Fsp3) is 0.383. The first kappa shape index (κ1) is 41.1. The summed E-state index contributed by atoms with van der Waals surface area (Å²) >= 11 is 7.02. The third-order valence-corrected chi connectivity index (χ3v) is 12.9. The van der Waals surface area contributed by atoms with Gasteiger partial charge in [0.1, 0.15) is 4.90 Å². The van der Waals surface area contributed by atoms with Crippen molar-refractivity contribution >= 4 is 34.2 Å². The Morgan fingerprint density at radius 1 is 0.893 bits per heavy atom. The Hall–Kier alpha value is -4.53. The Morgan fingerprint density at radius 2 is 1.54 bits per heavy atom. The molecular weight excluding hydrogens is 740 g/mol. The molecule has 6 rings (SSSR count). The van der Waals surface area contributed by atoms with Crippen molar-refractivity contribution in [1.82, 2.24) is 4.31 Å². The second kappa shape index (κ2) is 19.1. The van der Waals surface area contributed by atoms with Gasteiger partial charge in [0, 0.05) is 46.6 Å². The van der Waals surface area contributed by atoms with E-state index in [2.05, 4.69) is 30.3 Å². The molecule has 4 aromatic carbocycles. The Labute approximate surface area is 339 Å². The number of nitro benzene ring substituents is 1. The lowest BCUT2D eigenvalue weighted by Gasteiger charge is -2.36. The van der Waals surface area contributed by atoms with Gasteiger partial charge >= 0.3 is 5.97 Å². The molecule has 9 heteroatoms. The number of fused-ring (bicyclic) bond motifs is 1. The van der Waals surface area contributed by atoms with E-state index in [0.717, 1.165) is 24.0 Å². The van der Waals surface area contributed by atoms with E-state index in [9.17, 15) is 19.1 Å². The minimum atomic E-state index is -1.98. The Bertz CT molecular complexity index is 2060. The molecule has 4 aromatic rings. The van der Waals surface area contributed by atoms with Crippen LogP contribution in [0.25, 0.3) is 0 Å². The molecule has 0 aliphatic heterocycles. The van der Waals surface area contributed by atoms with E-state index in [1.54, 1.807) is 24.8 Å². The van der Waals surface area contributed by atoms with Crippen molar-refractivity contribution in [2.24, 2.45) is 11.8 Å². The van der Waals surface area contributed by atoms with Gasteiger partial charge in [-0.2, -0.15) is 0 Å². The first-order valence-corrected chi connectivity index (χ1v) is 21.5.